The zero-order valence-electron chi connectivity index (χ0n) is 3.92. The highest BCUT2D eigenvalue weighted by Crippen LogP contribution is 1.42. The van der Waals surface area contributed by atoms with Crippen molar-refractivity contribution in [2.75, 3.05) is 0 Å². The molecule has 6 heteroatoms. The van der Waals surface area contributed by atoms with Crippen molar-refractivity contribution < 1.29 is 15.0 Å². The van der Waals surface area contributed by atoms with Crippen molar-refractivity contribution in [2.24, 2.45) is 0 Å². The number of carboxylic acid groups (broad SMARTS) is 2. The van der Waals surface area contributed by atoms with E-state index < -0.39 is 6.16 Å². The van der Waals surface area contributed by atoms with Gasteiger partial charge in [-0.3, -0.25) is 0 Å². The molecule has 0 aliphatic rings. The van der Waals surface area contributed by atoms with Crippen molar-refractivity contribution in [1.29, 1.82) is 0 Å². The minimum absolute atomic E-state index is 0. The van der Waals surface area contributed by atoms with E-state index in [-0.39, 0.29) is 18.5 Å². The molecule has 0 rings (SSSR count). The fourth-order valence-corrected chi connectivity index (χ4v) is 0. The Balaban J connectivity index is -0.0000000150. The molecular weight excluding hydrogens is 102 g/mol. The van der Waals surface area contributed by atoms with Crippen molar-refractivity contribution >= 4 is 6.16 Å². The molecule has 0 saturated heterocycles. The Bertz CT molecular complexity index is 33.2. The normalized spacial score (nSPS) is 3.43. The summed E-state index contributed by atoms with van der Waals surface area (Å²) in [5.74, 6) is 0. The SMILES string of the molecule is N.N.N.O=C(O)O. The molecule has 6 nitrogen and oxygen atoms in total. The van der Waals surface area contributed by atoms with Gasteiger partial charge in [-0.15, -0.1) is 0 Å². The van der Waals surface area contributed by atoms with E-state index in [1.807, 2.05) is 0 Å². The van der Waals surface area contributed by atoms with Crippen molar-refractivity contribution in [3.8, 4) is 0 Å². The van der Waals surface area contributed by atoms with Crippen LogP contribution in [0.5, 0.6) is 0 Å². The zero-order chi connectivity index (χ0) is 3.58. The highest BCUT2D eigenvalue weighted by molar-refractivity contribution is 5.53. The maximum atomic E-state index is 8.56. The molecule has 0 aromatic rings. The summed E-state index contributed by atoms with van der Waals surface area (Å²) in [7, 11) is 0. The molecule has 0 radical (unpaired) electrons. The molecule has 0 amide bonds. The Hall–Kier alpha value is -0.850. The van der Waals surface area contributed by atoms with E-state index in [2.05, 4.69) is 0 Å². The van der Waals surface area contributed by atoms with Crippen LogP contribution in [-0.4, -0.2) is 16.4 Å². The Labute approximate surface area is 40.9 Å². The second-order valence-corrected chi connectivity index (χ2v) is 0.283. The summed E-state index contributed by atoms with van der Waals surface area (Å²) in [5.41, 5.74) is 0. The molecule has 0 spiro atoms. The van der Waals surface area contributed by atoms with Gasteiger partial charge in [-0.1, -0.05) is 0 Å². The van der Waals surface area contributed by atoms with Crippen LogP contribution >= 0.6 is 0 Å². The first-order valence-electron chi connectivity index (χ1n) is 0.651. The largest absolute Gasteiger partial charge is 0.503 e. The Morgan fingerprint density at radius 3 is 1.00 bits per heavy atom. The van der Waals surface area contributed by atoms with Crippen LogP contribution in [0, 0.1) is 0 Å². The lowest BCUT2D eigenvalue weighted by molar-refractivity contribution is 0.137. The van der Waals surface area contributed by atoms with Crippen LogP contribution in [0.2, 0.25) is 0 Å². The van der Waals surface area contributed by atoms with Crippen molar-refractivity contribution in [3.05, 3.63) is 0 Å². The van der Waals surface area contributed by atoms with Crippen molar-refractivity contribution in [3.63, 3.8) is 0 Å². The highest BCUT2D eigenvalue weighted by atomic mass is 16.6. The minimum Gasteiger partial charge on any atom is -0.450 e. The van der Waals surface area contributed by atoms with E-state index in [1.165, 1.54) is 0 Å². The van der Waals surface area contributed by atoms with Gasteiger partial charge in [0.2, 0.25) is 0 Å². The topological polar surface area (TPSA) is 163 Å². The summed E-state index contributed by atoms with van der Waals surface area (Å²) in [4.78, 5) is 8.56. The monoisotopic (exact) mass is 113 g/mol. The van der Waals surface area contributed by atoms with E-state index in [0.717, 1.165) is 0 Å². The summed E-state index contributed by atoms with van der Waals surface area (Å²) in [6.45, 7) is 0. The number of rotatable bonds is 0. The standard InChI is InChI=1S/CH2O3.3H3N/c2-1(3)4;;;/h(H2,2,3,4);3*1H3. The maximum absolute atomic E-state index is 8.56. The van der Waals surface area contributed by atoms with E-state index in [9.17, 15) is 0 Å². The van der Waals surface area contributed by atoms with Gasteiger partial charge in [0.05, 0.1) is 0 Å². The summed E-state index contributed by atoms with van der Waals surface area (Å²) < 4.78 is 0. The molecule has 11 N–H and O–H groups in total. The van der Waals surface area contributed by atoms with E-state index in [0.29, 0.717) is 0 Å². The van der Waals surface area contributed by atoms with Crippen LogP contribution in [-0.2, 0) is 0 Å². The summed E-state index contributed by atoms with van der Waals surface area (Å²) in [6.07, 6.45) is -1.83. The van der Waals surface area contributed by atoms with Gasteiger partial charge >= 0.3 is 6.16 Å². The van der Waals surface area contributed by atoms with Crippen LogP contribution in [0.3, 0.4) is 0 Å². The van der Waals surface area contributed by atoms with Crippen LogP contribution in [0.25, 0.3) is 0 Å². The molecule has 7 heavy (non-hydrogen) atoms. The van der Waals surface area contributed by atoms with Crippen molar-refractivity contribution in [1.82, 2.24) is 18.5 Å². The van der Waals surface area contributed by atoms with Gasteiger partial charge < -0.3 is 28.7 Å². The summed E-state index contributed by atoms with van der Waals surface area (Å²) in [6, 6.07) is 0. The van der Waals surface area contributed by atoms with Crippen LogP contribution in [0.15, 0.2) is 0 Å². The molecule has 0 heterocycles. The fourth-order valence-electron chi connectivity index (χ4n) is 0. The Morgan fingerprint density at radius 1 is 1.00 bits per heavy atom. The predicted octanol–water partition coefficient (Wildman–Crippen LogP) is 0.708. The molecule has 0 fully saturated rings. The van der Waals surface area contributed by atoms with Crippen LogP contribution in [0.4, 0.5) is 4.79 Å². The maximum Gasteiger partial charge on any atom is 0.503 e. The Morgan fingerprint density at radius 2 is 1.00 bits per heavy atom. The zero-order valence-corrected chi connectivity index (χ0v) is 3.92. The fraction of sp³-hybridized carbons (Fsp3) is 0. The van der Waals surface area contributed by atoms with E-state index in [4.69, 9.17) is 15.0 Å². The molecule has 0 aromatic heterocycles. The number of carbonyl (C=O) groups is 1. The van der Waals surface area contributed by atoms with Gasteiger partial charge in [0.15, 0.2) is 0 Å². The van der Waals surface area contributed by atoms with Gasteiger partial charge in [-0.25, -0.2) is 4.79 Å². The number of hydrogen-bond donors (Lipinski definition) is 5. The second kappa shape index (κ2) is 19.2. The van der Waals surface area contributed by atoms with Crippen LogP contribution in [0.1, 0.15) is 0 Å². The average Bonchev–Trinajstić information content (AvgIpc) is 0.811. The molecule has 0 atom stereocenters. The molecule has 0 bridgehead atoms. The minimum atomic E-state index is -1.83. The third kappa shape index (κ3) is 70.7. The highest BCUT2D eigenvalue weighted by Gasteiger charge is 1.70. The summed E-state index contributed by atoms with van der Waals surface area (Å²) in [5, 5.41) is 13.9. The molecule has 0 aliphatic heterocycles. The molecule has 0 aliphatic carbocycles. The third-order valence-corrected chi connectivity index (χ3v) is 0. The van der Waals surface area contributed by atoms with E-state index in [1.54, 1.807) is 0 Å². The first-order valence-corrected chi connectivity index (χ1v) is 0.651. The van der Waals surface area contributed by atoms with Crippen molar-refractivity contribution in [2.45, 2.75) is 0 Å². The van der Waals surface area contributed by atoms with Crippen LogP contribution < -0.4 is 18.5 Å². The van der Waals surface area contributed by atoms with Gasteiger partial charge in [0.25, 0.3) is 0 Å². The van der Waals surface area contributed by atoms with Gasteiger partial charge in [-0.2, -0.15) is 0 Å². The quantitative estimate of drug-likeness (QED) is 0.310. The molecule has 0 aromatic carbocycles. The second-order valence-electron chi connectivity index (χ2n) is 0.283. The lowest BCUT2D eigenvalue weighted by Crippen LogP contribution is -1.81. The third-order valence-electron chi connectivity index (χ3n) is 0. The number of hydrogen-bond acceptors (Lipinski definition) is 4. The van der Waals surface area contributed by atoms with E-state index >= 15 is 0 Å². The predicted molar refractivity (Wildman–Crippen MR) is 25.7 cm³/mol. The molecule has 0 saturated carbocycles. The lowest BCUT2D eigenvalue weighted by Gasteiger charge is -1.60. The Kier molecular flexibility index (Phi) is 96.7. The van der Waals surface area contributed by atoms with Gasteiger partial charge in [0.1, 0.15) is 0 Å². The smallest absolute Gasteiger partial charge is 0.450 e. The first-order chi connectivity index (χ1) is 1.73. The molecule has 48 valence electrons. The van der Waals surface area contributed by atoms with Gasteiger partial charge in [-0.05, 0) is 0 Å². The first kappa shape index (κ1) is 35.3. The molecule has 0 unspecified atom stereocenters. The van der Waals surface area contributed by atoms with Gasteiger partial charge in [0, 0.05) is 0 Å². The average molecular weight is 113 g/mol. The molecular formula is CH11N3O3. The summed E-state index contributed by atoms with van der Waals surface area (Å²) >= 11 is 0. The lowest BCUT2D eigenvalue weighted by atomic mass is 11.5.